The van der Waals surface area contributed by atoms with E-state index in [4.69, 9.17) is 4.74 Å². The highest BCUT2D eigenvalue weighted by Gasteiger charge is 2.27. The van der Waals surface area contributed by atoms with Gasteiger partial charge in [-0.1, -0.05) is 0 Å². The van der Waals surface area contributed by atoms with Gasteiger partial charge in [0, 0.05) is 12.1 Å². The van der Waals surface area contributed by atoms with Crippen LogP contribution in [0.3, 0.4) is 0 Å². The van der Waals surface area contributed by atoms with Gasteiger partial charge >= 0.3 is 5.97 Å². The zero-order chi connectivity index (χ0) is 13.9. The second-order valence-electron chi connectivity index (χ2n) is 4.62. The molecule has 0 saturated heterocycles. The molecule has 0 spiro atoms. The Balaban J connectivity index is 1.94. The third kappa shape index (κ3) is 2.59. The molecule has 2 aromatic rings. The second-order valence-corrected chi connectivity index (χ2v) is 4.62. The molecule has 2 aromatic heterocycles. The van der Waals surface area contributed by atoms with Crippen molar-refractivity contribution in [3.05, 3.63) is 42.1 Å². The third-order valence-corrected chi connectivity index (χ3v) is 3.09. The number of esters is 1. The van der Waals surface area contributed by atoms with Crippen LogP contribution in [0.5, 0.6) is 0 Å². The Morgan fingerprint density at radius 3 is 2.90 bits per heavy atom. The summed E-state index contributed by atoms with van der Waals surface area (Å²) in [6, 6.07) is 3.64. The van der Waals surface area contributed by atoms with E-state index in [9.17, 15) is 4.79 Å². The Labute approximate surface area is 116 Å². The average molecular weight is 270 g/mol. The maximum absolute atomic E-state index is 11.8. The second kappa shape index (κ2) is 5.24. The summed E-state index contributed by atoms with van der Waals surface area (Å²) in [6.45, 7) is 0. The highest BCUT2D eigenvalue weighted by Crippen LogP contribution is 2.39. The molecule has 0 unspecified atom stereocenters. The molecule has 102 valence electrons. The lowest BCUT2D eigenvalue weighted by atomic mass is 10.3. The fraction of sp³-hybridized carbons (Fsp3) is 0.286. The molecule has 1 fully saturated rings. The third-order valence-electron chi connectivity index (χ3n) is 3.09. The zero-order valence-corrected chi connectivity index (χ0v) is 11.0. The van der Waals surface area contributed by atoms with Crippen LogP contribution in [0.15, 0.2) is 30.7 Å². The number of hydrogen-bond acceptors (Lipinski definition) is 6. The Morgan fingerprint density at radius 2 is 2.25 bits per heavy atom. The number of pyridine rings is 1. The van der Waals surface area contributed by atoms with E-state index in [0.717, 1.165) is 24.2 Å². The minimum Gasteiger partial charge on any atom is -0.464 e. The molecule has 0 radical (unpaired) electrons. The summed E-state index contributed by atoms with van der Waals surface area (Å²) in [5, 5.41) is 3.04. The zero-order valence-electron chi connectivity index (χ0n) is 11.0. The van der Waals surface area contributed by atoms with Gasteiger partial charge in [-0.25, -0.2) is 14.8 Å². The van der Waals surface area contributed by atoms with Gasteiger partial charge in [0.15, 0.2) is 11.5 Å². The first-order valence-electron chi connectivity index (χ1n) is 6.40. The maximum atomic E-state index is 11.8. The van der Waals surface area contributed by atoms with Crippen LogP contribution in [0.1, 0.15) is 34.9 Å². The number of hydrogen-bond donors (Lipinski definition) is 1. The van der Waals surface area contributed by atoms with Gasteiger partial charge in [-0.15, -0.1) is 0 Å². The van der Waals surface area contributed by atoms with Crippen molar-refractivity contribution in [2.45, 2.75) is 18.8 Å². The summed E-state index contributed by atoms with van der Waals surface area (Å²) in [6.07, 6.45) is 7.24. The van der Waals surface area contributed by atoms with E-state index in [1.807, 2.05) is 6.07 Å². The molecule has 0 bridgehead atoms. The monoisotopic (exact) mass is 270 g/mol. The SMILES string of the molecule is COC(=O)c1nc(C2CC2)cnc1Nc1cccnc1. The largest absolute Gasteiger partial charge is 0.464 e. The van der Waals surface area contributed by atoms with Gasteiger partial charge in [-0.3, -0.25) is 4.98 Å². The van der Waals surface area contributed by atoms with Crippen molar-refractivity contribution < 1.29 is 9.53 Å². The molecular formula is C14H14N4O2. The molecule has 6 heteroatoms. The van der Waals surface area contributed by atoms with Crippen LogP contribution in [0, 0.1) is 0 Å². The molecule has 0 aliphatic heterocycles. The molecule has 1 aliphatic carbocycles. The smallest absolute Gasteiger partial charge is 0.360 e. The van der Waals surface area contributed by atoms with Crippen molar-refractivity contribution in [2.75, 3.05) is 12.4 Å². The van der Waals surface area contributed by atoms with Gasteiger partial charge < -0.3 is 10.1 Å². The highest BCUT2D eigenvalue weighted by molar-refractivity contribution is 5.93. The first-order chi connectivity index (χ1) is 9.78. The molecular weight excluding hydrogens is 256 g/mol. The highest BCUT2D eigenvalue weighted by atomic mass is 16.5. The van der Waals surface area contributed by atoms with Crippen LogP contribution >= 0.6 is 0 Å². The lowest BCUT2D eigenvalue weighted by Crippen LogP contribution is -2.11. The number of aromatic nitrogens is 3. The Hall–Kier alpha value is -2.50. The summed E-state index contributed by atoms with van der Waals surface area (Å²) in [5.41, 5.74) is 1.80. The predicted molar refractivity (Wildman–Crippen MR) is 72.9 cm³/mol. The number of rotatable bonds is 4. The van der Waals surface area contributed by atoms with Gasteiger partial charge in [0.1, 0.15) is 0 Å². The standard InChI is InChI=1S/C14H14N4O2/c1-20-14(19)12-13(17-10-3-2-6-15-7-10)16-8-11(18-12)9-4-5-9/h2-3,6-9H,4-5H2,1H3,(H,16,17). The van der Waals surface area contributed by atoms with E-state index in [-0.39, 0.29) is 5.69 Å². The predicted octanol–water partition coefficient (Wildman–Crippen LogP) is 2.28. The number of anilines is 2. The van der Waals surface area contributed by atoms with Crippen molar-refractivity contribution in [2.24, 2.45) is 0 Å². The van der Waals surface area contributed by atoms with E-state index in [0.29, 0.717) is 11.7 Å². The first-order valence-corrected chi connectivity index (χ1v) is 6.40. The van der Waals surface area contributed by atoms with Gasteiger partial charge in [-0.05, 0) is 25.0 Å². The van der Waals surface area contributed by atoms with Gasteiger partial charge in [0.2, 0.25) is 0 Å². The van der Waals surface area contributed by atoms with Crippen molar-refractivity contribution in [3.63, 3.8) is 0 Å². The average Bonchev–Trinajstić information content (AvgIpc) is 3.33. The number of methoxy groups -OCH3 is 1. The summed E-state index contributed by atoms with van der Waals surface area (Å²) >= 11 is 0. The van der Waals surface area contributed by atoms with Crippen LogP contribution in [0.2, 0.25) is 0 Å². The number of carbonyl (C=O) groups is 1. The van der Waals surface area contributed by atoms with Gasteiger partial charge in [-0.2, -0.15) is 0 Å². The van der Waals surface area contributed by atoms with Crippen LogP contribution in [0.25, 0.3) is 0 Å². The van der Waals surface area contributed by atoms with E-state index in [1.54, 1.807) is 24.7 Å². The molecule has 0 amide bonds. The first kappa shape index (κ1) is 12.5. The molecule has 6 nitrogen and oxygen atoms in total. The van der Waals surface area contributed by atoms with Crippen LogP contribution in [-0.2, 0) is 4.74 Å². The van der Waals surface area contributed by atoms with Crippen LogP contribution in [0.4, 0.5) is 11.5 Å². The van der Waals surface area contributed by atoms with Gasteiger partial charge in [0.25, 0.3) is 0 Å². The summed E-state index contributed by atoms with van der Waals surface area (Å²) in [4.78, 5) is 24.5. The Morgan fingerprint density at radius 1 is 1.40 bits per heavy atom. The van der Waals surface area contributed by atoms with Crippen LogP contribution < -0.4 is 5.32 Å². The lowest BCUT2D eigenvalue weighted by molar-refractivity contribution is 0.0594. The molecule has 2 heterocycles. The van der Waals surface area contributed by atoms with E-state index in [1.165, 1.54) is 7.11 Å². The summed E-state index contributed by atoms with van der Waals surface area (Å²) in [5.74, 6) is 0.319. The molecule has 0 atom stereocenters. The maximum Gasteiger partial charge on any atom is 0.360 e. The number of nitrogens with one attached hydrogen (secondary N) is 1. The Kier molecular flexibility index (Phi) is 3.28. The topological polar surface area (TPSA) is 77.0 Å². The van der Waals surface area contributed by atoms with Crippen molar-refractivity contribution in [1.29, 1.82) is 0 Å². The van der Waals surface area contributed by atoms with E-state index < -0.39 is 5.97 Å². The fourth-order valence-corrected chi connectivity index (χ4v) is 1.88. The van der Waals surface area contributed by atoms with Crippen LogP contribution in [-0.4, -0.2) is 28.0 Å². The number of carbonyl (C=O) groups excluding carboxylic acids is 1. The van der Waals surface area contributed by atoms with Gasteiger partial charge in [0.05, 0.1) is 30.9 Å². The van der Waals surface area contributed by atoms with E-state index in [2.05, 4.69) is 20.3 Å². The molecule has 1 saturated carbocycles. The molecule has 20 heavy (non-hydrogen) atoms. The Bertz CT molecular complexity index is 626. The minimum atomic E-state index is -0.494. The fourth-order valence-electron chi connectivity index (χ4n) is 1.88. The summed E-state index contributed by atoms with van der Waals surface area (Å²) in [7, 11) is 1.33. The molecule has 1 N–H and O–H groups in total. The van der Waals surface area contributed by atoms with E-state index >= 15 is 0 Å². The summed E-state index contributed by atoms with van der Waals surface area (Å²) < 4.78 is 4.77. The number of ether oxygens (including phenoxy) is 1. The molecule has 0 aromatic carbocycles. The van der Waals surface area contributed by atoms with Crippen molar-refractivity contribution in [3.8, 4) is 0 Å². The normalized spacial score (nSPS) is 13.8. The van der Waals surface area contributed by atoms with Crippen molar-refractivity contribution in [1.82, 2.24) is 15.0 Å². The van der Waals surface area contributed by atoms with Crippen molar-refractivity contribution >= 4 is 17.5 Å². The molecule has 3 rings (SSSR count). The molecule has 1 aliphatic rings. The lowest BCUT2D eigenvalue weighted by Gasteiger charge is -2.10. The minimum absolute atomic E-state index is 0.209. The number of nitrogens with zero attached hydrogens (tertiary/aromatic N) is 3. The quantitative estimate of drug-likeness (QED) is 0.859.